The van der Waals surface area contributed by atoms with Gasteiger partial charge in [0.1, 0.15) is 9.72 Å². The van der Waals surface area contributed by atoms with Gasteiger partial charge in [-0.25, -0.2) is 19.3 Å². The molecule has 0 unspecified atom stereocenters. The SMILES string of the molecule is CCn1c(=O)c2cnc(Nc3ccc4c(c3)CCNC4)nc2n1-c1nc(C(C)(C)C)c(Cl)s1. The van der Waals surface area contributed by atoms with E-state index in [0.717, 1.165) is 30.9 Å². The van der Waals surface area contributed by atoms with Crippen molar-refractivity contribution in [1.82, 2.24) is 29.6 Å². The fourth-order valence-corrected chi connectivity index (χ4v) is 5.65. The molecule has 2 N–H and O–H groups in total. The molecule has 33 heavy (non-hydrogen) atoms. The zero-order chi connectivity index (χ0) is 23.3. The van der Waals surface area contributed by atoms with Gasteiger partial charge < -0.3 is 10.6 Å². The Morgan fingerprint density at radius 2 is 2.06 bits per heavy atom. The van der Waals surface area contributed by atoms with Crippen LogP contribution in [0.15, 0.2) is 29.2 Å². The average molecular weight is 484 g/mol. The second kappa shape index (κ2) is 8.23. The molecule has 8 nitrogen and oxygen atoms in total. The molecule has 172 valence electrons. The summed E-state index contributed by atoms with van der Waals surface area (Å²) in [6, 6.07) is 6.29. The minimum atomic E-state index is -0.213. The van der Waals surface area contributed by atoms with Crippen LogP contribution in [0.1, 0.15) is 44.5 Å². The van der Waals surface area contributed by atoms with Crippen molar-refractivity contribution in [1.29, 1.82) is 0 Å². The second-order valence-corrected chi connectivity index (χ2v) is 10.7. The van der Waals surface area contributed by atoms with Gasteiger partial charge in [-0.05, 0) is 43.1 Å². The zero-order valence-electron chi connectivity index (χ0n) is 19.1. The summed E-state index contributed by atoms with van der Waals surface area (Å²) in [7, 11) is 0. The van der Waals surface area contributed by atoms with Gasteiger partial charge in [0.25, 0.3) is 5.56 Å². The fourth-order valence-electron chi connectivity index (χ4n) is 4.10. The lowest BCUT2D eigenvalue weighted by Gasteiger charge is -2.18. The lowest BCUT2D eigenvalue weighted by atomic mass is 9.93. The predicted molar refractivity (Wildman–Crippen MR) is 133 cm³/mol. The third-order valence-electron chi connectivity index (χ3n) is 5.79. The van der Waals surface area contributed by atoms with E-state index < -0.39 is 0 Å². The first-order valence-corrected chi connectivity index (χ1v) is 12.2. The molecule has 0 saturated carbocycles. The minimum absolute atomic E-state index is 0.149. The Balaban J connectivity index is 1.60. The van der Waals surface area contributed by atoms with Crippen molar-refractivity contribution in [3.63, 3.8) is 0 Å². The maximum atomic E-state index is 13.1. The lowest BCUT2D eigenvalue weighted by Crippen LogP contribution is -2.23. The molecular formula is C23H26ClN7OS. The molecule has 1 aliphatic rings. The summed E-state index contributed by atoms with van der Waals surface area (Å²) in [5, 5.41) is 7.75. The normalized spacial score (nSPS) is 14.0. The Hall–Kier alpha value is -2.75. The molecule has 0 saturated heterocycles. The molecule has 1 aromatic carbocycles. The van der Waals surface area contributed by atoms with Crippen LogP contribution in [0.25, 0.3) is 16.2 Å². The number of hydrogen-bond acceptors (Lipinski definition) is 7. The van der Waals surface area contributed by atoms with Crippen LogP contribution in [-0.4, -0.2) is 30.9 Å². The van der Waals surface area contributed by atoms with E-state index in [1.807, 2.05) is 13.0 Å². The van der Waals surface area contributed by atoms with Crippen LogP contribution in [0.4, 0.5) is 11.6 Å². The first kappa shape index (κ1) is 22.1. The lowest BCUT2D eigenvalue weighted by molar-refractivity contribution is 0.554. The highest BCUT2D eigenvalue weighted by Gasteiger charge is 2.26. The van der Waals surface area contributed by atoms with Gasteiger partial charge in [-0.2, -0.15) is 4.98 Å². The number of rotatable bonds is 4. The predicted octanol–water partition coefficient (Wildman–Crippen LogP) is 4.40. The van der Waals surface area contributed by atoms with E-state index in [4.69, 9.17) is 21.6 Å². The van der Waals surface area contributed by atoms with Crippen molar-refractivity contribution in [3.8, 4) is 5.13 Å². The van der Waals surface area contributed by atoms with Crippen LogP contribution in [-0.2, 0) is 24.9 Å². The molecule has 0 radical (unpaired) electrons. The Morgan fingerprint density at radius 1 is 1.24 bits per heavy atom. The third-order valence-corrected chi connectivity index (χ3v) is 7.02. The van der Waals surface area contributed by atoms with Gasteiger partial charge in [-0.15, -0.1) is 0 Å². The van der Waals surface area contributed by atoms with Crippen molar-refractivity contribution < 1.29 is 0 Å². The molecular weight excluding hydrogens is 458 g/mol. The number of hydrogen-bond donors (Lipinski definition) is 2. The molecule has 0 amide bonds. The smallest absolute Gasteiger partial charge is 0.278 e. The highest BCUT2D eigenvalue weighted by atomic mass is 35.5. The molecule has 1 aliphatic heterocycles. The van der Waals surface area contributed by atoms with E-state index in [2.05, 4.69) is 48.5 Å². The van der Waals surface area contributed by atoms with Gasteiger partial charge in [0.05, 0.1) is 5.69 Å². The summed E-state index contributed by atoms with van der Waals surface area (Å²) >= 11 is 7.88. The van der Waals surface area contributed by atoms with Crippen LogP contribution in [0.5, 0.6) is 0 Å². The molecule has 0 bridgehead atoms. The number of nitrogens with one attached hydrogen (secondary N) is 2. The quantitative estimate of drug-likeness (QED) is 0.447. The highest BCUT2D eigenvalue weighted by Crippen LogP contribution is 2.35. The summed E-state index contributed by atoms with van der Waals surface area (Å²) in [5.41, 5.74) is 4.50. The first-order valence-electron chi connectivity index (χ1n) is 11.0. The van der Waals surface area contributed by atoms with Crippen molar-refractivity contribution in [2.45, 2.75) is 52.6 Å². The molecule has 3 aromatic heterocycles. The second-order valence-electron chi connectivity index (χ2n) is 9.17. The number of nitrogens with zero attached hydrogens (tertiary/aromatic N) is 5. The third kappa shape index (κ3) is 3.94. The Labute approximate surface area is 200 Å². The van der Waals surface area contributed by atoms with E-state index in [1.54, 1.807) is 15.6 Å². The Kier molecular flexibility index (Phi) is 5.50. The fraction of sp³-hybridized carbons (Fsp3) is 0.391. The summed E-state index contributed by atoms with van der Waals surface area (Å²) in [4.78, 5) is 27.0. The van der Waals surface area contributed by atoms with E-state index in [-0.39, 0.29) is 11.0 Å². The highest BCUT2D eigenvalue weighted by molar-refractivity contribution is 7.18. The number of thiazole rings is 1. The zero-order valence-corrected chi connectivity index (χ0v) is 20.6. The average Bonchev–Trinajstić information content (AvgIpc) is 3.30. The minimum Gasteiger partial charge on any atom is -0.324 e. The van der Waals surface area contributed by atoms with E-state index in [1.165, 1.54) is 22.5 Å². The first-order chi connectivity index (χ1) is 15.8. The van der Waals surface area contributed by atoms with Gasteiger partial charge in [0.15, 0.2) is 5.65 Å². The number of fused-ring (bicyclic) bond motifs is 2. The van der Waals surface area contributed by atoms with Crippen LogP contribution < -0.4 is 16.2 Å². The number of halogens is 1. The van der Waals surface area contributed by atoms with Gasteiger partial charge >= 0.3 is 0 Å². The molecule has 0 spiro atoms. The van der Waals surface area contributed by atoms with Gasteiger partial charge in [0, 0.05) is 30.4 Å². The van der Waals surface area contributed by atoms with E-state index in [0.29, 0.717) is 33.0 Å². The topological polar surface area (TPSA) is 89.7 Å². The van der Waals surface area contributed by atoms with E-state index in [9.17, 15) is 4.79 Å². The summed E-state index contributed by atoms with van der Waals surface area (Å²) in [6.45, 7) is 10.5. The molecule has 0 fully saturated rings. The van der Waals surface area contributed by atoms with E-state index >= 15 is 0 Å². The molecule has 0 atom stereocenters. The molecule has 10 heteroatoms. The van der Waals surface area contributed by atoms with Crippen LogP contribution in [0.2, 0.25) is 4.34 Å². The standard InChI is InChI=1S/C23H26ClN7OS/c1-5-30-20(32)16-12-26-21(27-15-7-6-14-11-25-9-8-13(14)10-15)29-19(16)31(30)22-28-17(18(24)33-22)23(2,3)4/h6-7,10,12,25H,5,8-9,11H2,1-4H3,(H,26,27,29). The molecule has 4 heterocycles. The van der Waals surface area contributed by atoms with Crippen LogP contribution in [0, 0.1) is 0 Å². The largest absolute Gasteiger partial charge is 0.324 e. The van der Waals surface area contributed by atoms with Gasteiger partial charge in [0.2, 0.25) is 11.1 Å². The number of anilines is 2. The Bertz CT molecular complexity index is 1410. The number of aromatic nitrogens is 5. The molecule has 5 rings (SSSR count). The van der Waals surface area contributed by atoms with Crippen LogP contribution >= 0.6 is 22.9 Å². The number of benzene rings is 1. The van der Waals surface area contributed by atoms with Crippen LogP contribution in [0.3, 0.4) is 0 Å². The Morgan fingerprint density at radius 3 is 2.79 bits per heavy atom. The van der Waals surface area contributed by atoms with Crippen molar-refractivity contribution in [2.75, 3.05) is 11.9 Å². The summed E-state index contributed by atoms with van der Waals surface area (Å²) in [6.07, 6.45) is 2.57. The summed E-state index contributed by atoms with van der Waals surface area (Å²) in [5.74, 6) is 0.428. The van der Waals surface area contributed by atoms with Gasteiger partial charge in [-0.1, -0.05) is 49.8 Å². The van der Waals surface area contributed by atoms with Crippen molar-refractivity contribution in [3.05, 3.63) is 55.9 Å². The molecule has 4 aromatic rings. The van der Waals surface area contributed by atoms with Crippen molar-refractivity contribution in [2.24, 2.45) is 0 Å². The maximum absolute atomic E-state index is 13.1. The molecule has 0 aliphatic carbocycles. The van der Waals surface area contributed by atoms with Crippen molar-refractivity contribution >= 4 is 45.6 Å². The van der Waals surface area contributed by atoms with Gasteiger partial charge in [-0.3, -0.25) is 4.79 Å². The monoisotopic (exact) mass is 483 g/mol. The maximum Gasteiger partial charge on any atom is 0.278 e. The summed E-state index contributed by atoms with van der Waals surface area (Å²) < 4.78 is 4.00.